The van der Waals surface area contributed by atoms with Gasteiger partial charge >= 0.3 is 0 Å². The van der Waals surface area contributed by atoms with E-state index in [1.807, 2.05) is 24.3 Å². The Labute approximate surface area is 181 Å². The van der Waals surface area contributed by atoms with Gasteiger partial charge in [0, 0.05) is 52.4 Å². The van der Waals surface area contributed by atoms with Gasteiger partial charge in [-0.2, -0.15) is 0 Å². The van der Waals surface area contributed by atoms with Gasteiger partial charge in [0.2, 0.25) is 0 Å². The molecule has 158 valence electrons. The Hall–Kier alpha value is -3.54. The third kappa shape index (κ3) is 3.38. The minimum atomic E-state index is -0.0702. The van der Waals surface area contributed by atoms with Crippen LogP contribution >= 0.6 is 0 Å². The summed E-state index contributed by atoms with van der Waals surface area (Å²) in [5.74, 6) is 0.333. The van der Waals surface area contributed by atoms with Crippen LogP contribution in [0.4, 0.5) is 11.5 Å². The molecule has 2 aromatic carbocycles. The van der Waals surface area contributed by atoms with Gasteiger partial charge in [0.05, 0.1) is 5.52 Å². The molecule has 1 aliphatic carbocycles. The highest BCUT2D eigenvalue weighted by molar-refractivity contribution is 5.99. The van der Waals surface area contributed by atoms with Crippen LogP contribution < -0.4 is 16.8 Å². The molecule has 0 aliphatic heterocycles. The van der Waals surface area contributed by atoms with Crippen LogP contribution in [0.25, 0.3) is 21.8 Å². The molecule has 1 amide bonds. The molecule has 6 nitrogen and oxygen atoms in total. The first-order chi connectivity index (χ1) is 15.0. The van der Waals surface area contributed by atoms with Crippen molar-refractivity contribution in [2.45, 2.75) is 45.7 Å². The second-order valence-electron chi connectivity index (χ2n) is 8.28. The van der Waals surface area contributed by atoms with Gasteiger partial charge in [0.1, 0.15) is 5.82 Å². The average molecular weight is 414 g/mol. The Morgan fingerprint density at radius 3 is 2.74 bits per heavy atom. The Bertz CT molecular complexity index is 1320. The lowest BCUT2D eigenvalue weighted by atomic mass is 9.95. The smallest absolute Gasteiger partial charge is 0.251 e. The fourth-order valence-electron chi connectivity index (χ4n) is 4.85. The topological polar surface area (TPSA) is 99.0 Å². The standard InChI is InChI=1S/C25H27N5O/c1-2-30-22-6-4-3-5-17(22)18-12-16(8-10-23(18)30)25(31)28-14-15-7-9-21-19(11-15)20(26)13-24(27)29-21/h7-13H,2-6,14H2,1H3,(H,28,31)(H4,26,27,29). The number of aryl methyl sites for hydroxylation is 2. The summed E-state index contributed by atoms with van der Waals surface area (Å²) in [5, 5.41) is 5.12. The zero-order valence-corrected chi connectivity index (χ0v) is 17.7. The maximum absolute atomic E-state index is 12.9. The van der Waals surface area contributed by atoms with Gasteiger partial charge in [-0.05, 0) is 74.1 Å². The second-order valence-corrected chi connectivity index (χ2v) is 8.28. The zero-order chi connectivity index (χ0) is 21.5. The molecule has 6 heteroatoms. The number of amides is 1. The molecule has 2 aromatic heterocycles. The average Bonchev–Trinajstić information content (AvgIpc) is 3.10. The number of nitrogens with zero attached hydrogens (tertiary/aromatic N) is 2. The first kappa shape index (κ1) is 19.4. The van der Waals surface area contributed by atoms with Crippen molar-refractivity contribution in [3.63, 3.8) is 0 Å². The van der Waals surface area contributed by atoms with E-state index in [0.29, 0.717) is 23.6 Å². The van der Waals surface area contributed by atoms with E-state index in [0.717, 1.165) is 35.9 Å². The van der Waals surface area contributed by atoms with E-state index < -0.39 is 0 Å². The summed E-state index contributed by atoms with van der Waals surface area (Å²) in [4.78, 5) is 17.2. The van der Waals surface area contributed by atoms with Crippen LogP contribution in [0.3, 0.4) is 0 Å². The van der Waals surface area contributed by atoms with Gasteiger partial charge < -0.3 is 21.4 Å². The fourth-order valence-corrected chi connectivity index (χ4v) is 4.85. The largest absolute Gasteiger partial charge is 0.398 e. The molecule has 5 N–H and O–H groups in total. The van der Waals surface area contributed by atoms with Crippen LogP contribution in [0.1, 0.15) is 46.9 Å². The highest BCUT2D eigenvalue weighted by atomic mass is 16.1. The third-order valence-electron chi connectivity index (χ3n) is 6.33. The van der Waals surface area contributed by atoms with E-state index in [9.17, 15) is 4.79 Å². The fraction of sp³-hybridized carbons (Fsp3) is 0.280. The van der Waals surface area contributed by atoms with Crippen LogP contribution in [0.2, 0.25) is 0 Å². The van der Waals surface area contributed by atoms with Crippen LogP contribution in [-0.2, 0) is 25.9 Å². The number of aromatic nitrogens is 2. The second kappa shape index (κ2) is 7.61. The summed E-state index contributed by atoms with van der Waals surface area (Å²) in [5.41, 5.74) is 19.0. The lowest BCUT2D eigenvalue weighted by Crippen LogP contribution is -2.22. The number of anilines is 2. The summed E-state index contributed by atoms with van der Waals surface area (Å²) in [7, 11) is 0. The van der Waals surface area contributed by atoms with Gasteiger partial charge in [0.15, 0.2) is 0 Å². The Morgan fingerprint density at radius 1 is 1.06 bits per heavy atom. The summed E-state index contributed by atoms with van der Waals surface area (Å²) >= 11 is 0. The number of benzene rings is 2. The SMILES string of the molecule is CCn1c2c(c3cc(C(=O)NCc4ccc5nc(N)cc(N)c5c4)ccc31)CCCC2. The van der Waals surface area contributed by atoms with Crippen molar-refractivity contribution in [2.24, 2.45) is 0 Å². The van der Waals surface area contributed by atoms with Crippen LogP contribution in [0, 0.1) is 0 Å². The number of hydrogen-bond donors (Lipinski definition) is 3. The molecule has 31 heavy (non-hydrogen) atoms. The van der Waals surface area contributed by atoms with Crippen molar-refractivity contribution in [3.8, 4) is 0 Å². The van der Waals surface area contributed by atoms with Crippen molar-refractivity contribution in [1.29, 1.82) is 0 Å². The molecule has 2 heterocycles. The van der Waals surface area contributed by atoms with E-state index in [4.69, 9.17) is 11.5 Å². The van der Waals surface area contributed by atoms with Crippen molar-refractivity contribution in [2.75, 3.05) is 11.5 Å². The quantitative estimate of drug-likeness (QED) is 0.467. The van der Waals surface area contributed by atoms with Crippen LogP contribution in [-0.4, -0.2) is 15.5 Å². The highest BCUT2D eigenvalue weighted by Gasteiger charge is 2.20. The lowest BCUT2D eigenvalue weighted by molar-refractivity contribution is 0.0951. The van der Waals surface area contributed by atoms with Gasteiger partial charge in [-0.3, -0.25) is 4.79 Å². The van der Waals surface area contributed by atoms with Gasteiger partial charge in [-0.1, -0.05) is 6.07 Å². The molecule has 0 saturated heterocycles. The van der Waals surface area contributed by atoms with E-state index in [-0.39, 0.29) is 5.91 Å². The number of carbonyl (C=O) groups is 1. The molecule has 5 rings (SSSR count). The maximum Gasteiger partial charge on any atom is 0.251 e. The minimum Gasteiger partial charge on any atom is -0.398 e. The molecule has 0 saturated carbocycles. The van der Waals surface area contributed by atoms with Crippen molar-refractivity contribution < 1.29 is 4.79 Å². The van der Waals surface area contributed by atoms with Crippen LogP contribution in [0.15, 0.2) is 42.5 Å². The predicted octanol–water partition coefficient (Wildman–Crippen LogP) is 4.18. The number of carbonyl (C=O) groups excluding carboxylic acids is 1. The first-order valence-electron chi connectivity index (χ1n) is 10.9. The number of nitrogen functional groups attached to an aromatic ring is 2. The molecule has 0 radical (unpaired) electrons. The number of pyridine rings is 1. The number of rotatable bonds is 4. The molecule has 0 unspecified atom stereocenters. The lowest BCUT2D eigenvalue weighted by Gasteiger charge is -2.14. The number of nitrogens with two attached hydrogens (primary N) is 2. The predicted molar refractivity (Wildman–Crippen MR) is 126 cm³/mol. The van der Waals surface area contributed by atoms with E-state index in [1.165, 1.54) is 35.0 Å². The molecular weight excluding hydrogens is 386 g/mol. The van der Waals surface area contributed by atoms with Gasteiger partial charge in [-0.25, -0.2) is 4.98 Å². The molecular formula is C25H27N5O. The summed E-state index contributed by atoms with van der Waals surface area (Å²) < 4.78 is 2.41. The normalized spacial score (nSPS) is 13.5. The molecule has 0 spiro atoms. The first-order valence-corrected chi connectivity index (χ1v) is 10.9. The molecule has 0 fully saturated rings. The Balaban J connectivity index is 1.40. The van der Waals surface area contributed by atoms with E-state index in [2.05, 4.69) is 33.9 Å². The molecule has 0 atom stereocenters. The highest BCUT2D eigenvalue weighted by Crippen LogP contribution is 2.33. The monoisotopic (exact) mass is 413 g/mol. The number of nitrogens with one attached hydrogen (secondary N) is 1. The summed E-state index contributed by atoms with van der Waals surface area (Å²) in [6, 6.07) is 13.5. The van der Waals surface area contributed by atoms with Crippen molar-refractivity contribution >= 4 is 39.2 Å². The van der Waals surface area contributed by atoms with Gasteiger partial charge in [-0.15, -0.1) is 0 Å². The minimum absolute atomic E-state index is 0.0702. The molecule has 0 bridgehead atoms. The van der Waals surface area contributed by atoms with Crippen LogP contribution in [0.5, 0.6) is 0 Å². The van der Waals surface area contributed by atoms with E-state index in [1.54, 1.807) is 6.07 Å². The molecule has 4 aromatic rings. The third-order valence-corrected chi connectivity index (χ3v) is 6.33. The number of hydrogen-bond acceptors (Lipinski definition) is 4. The maximum atomic E-state index is 12.9. The van der Waals surface area contributed by atoms with Crippen molar-refractivity contribution in [1.82, 2.24) is 14.9 Å². The Morgan fingerprint density at radius 2 is 1.90 bits per heavy atom. The van der Waals surface area contributed by atoms with Gasteiger partial charge in [0.25, 0.3) is 5.91 Å². The number of fused-ring (bicyclic) bond motifs is 4. The van der Waals surface area contributed by atoms with E-state index >= 15 is 0 Å². The summed E-state index contributed by atoms with van der Waals surface area (Å²) in [6.45, 7) is 3.57. The Kier molecular flexibility index (Phi) is 4.77. The summed E-state index contributed by atoms with van der Waals surface area (Å²) in [6.07, 6.45) is 4.69. The van der Waals surface area contributed by atoms with Crippen molar-refractivity contribution in [3.05, 3.63) is 64.8 Å². The zero-order valence-electron chi connectivity index (χ0n) is 17.7. The molecule has 1 aliphatic rings.